The van der Waals surface area contributed by atoms with E-state index in [9.17, 15) is 4.39 Å². The van der Waals surface area contributed by atoms with E-state index in [1.165, 1.54) is 13.8 Å². The number of rotatable bonds is 1. The van der Waals surface area contributed by atoms with Crippen molar-refractivity contribution in [2.75, 3.05) is 5.73 Å². The predicted molar refractivity (Wildman–Crippen MR) is 49.7 cm³/mol. The Morgan fingerprint density at radius 2 is 1.92 bits per heavy atom. The zero-order valence-corrected chi connectivity index (χ0v) is 7.69. The first-order valence-corrected chi connectivity index (χ1v) is 3.97. The molecule has 0 amide bonds. The molecule has 0 aliphatic heterocycles. The van der Waals surface area contributed by atoms with Crippen LogP contribution in [0.4, 0.5) is 10.1 Å². The summed E-state index contributed by atoms with van der Waals surface area (Å²) < 4.78 is 13.4. The highest BCUT2D eigenvalue weighted by Gasteiger charge is 2.18. The summed E-state index contributed by atoms with van der Waals surface area (Å²) >= 11 is 0. The molecule has 0 saturated carbocycles. The number of hydrogen-bond acceptors (Lipinski definition) is 1. The number of hydrogen-bond donors (Lipinski definition) is 1. The molecular weight excluding hydrogens is 153 g/mol. The summed E-state index contributed by atoms with van der Waals surface area (Å²) in [5.74, 6) is 0. The van der Waals surface area contributed by atoms with Gasteiger partial charge in [-0.3, -0.25) is 0 Å². The maximum atomic E-state index is 13.4. The van der Waals surface area contributed by atoms with E-state index in [1.807, 2.05) is 13.0 Å². The minimum absolute atomic E-state index is 0.630. The van der Waals surface area contributed by atoms with Gasteiger partial charge in [0.05, 0.1) is 0 Å². The van der Waals surface area contributed by atoms with Crippen LogP contribution in [-0.4, -0.2) is 0 Å². The molecule has 0 fully saturated rings. The lowest BCUT2D eigenvalue weighted by Gasteiger charge is -2.15. The van der Waals surface area contributed by atoms with E-state index in [2.05, 4.69) is 0 Å². The monoisotopic (exact) mass is 167 g/mol. The molecule has 0 radical (unpaired) electrons. The van der Waals surface area contributed by atoms with Gasteiger partial charge in [0, 0.05) is 5.69 Å². The SMILES string of the molecule is Cc1ccc(C(C)(C)F)cc1N. The fraction of sp³-hybridized carbons (Fsp3) is 0.400. The molecule has 0 aliphatic carbocycles. The largest absolute Gasteiger partial charge is 0.399 e. The van der Waals surface area contributed by atoms with Crippen molar-refractivity contribution >= 4 is 5.69 Å². The number of alkyl halides is 1. The predicted octanol–water partition coefficient (Wildman–Crippen LogP) is 2.78. The van der Waals surface area contributed by atoms with Gasteiger partial charge in [-0.05, 0) is 38.0 Å². The molecule has 12 heavy (non-hydrogen) atoms. The van der Waals surface area contributed by atoms with Crippen LogP contribution in [-0.2, 0) is 5.67 Å². The van der Waals surface area contributed by atoms with Gasteiger partial charge in [-0.25, -0.2) is 4.39 Å². The van der Waals surface area contributed by atoms with Crippen molar-refractivity contribution < 1.29 is 4.39 Å². The lowest BCUT2D eigenvalue weighted by molar-refractivity contribution is 0.221. The highest BCUT2D eigenvalue weighted by atomic mass is 19.1. The number of halogens is 1. The Labute approximate surface area is 72.4 Å². The molecule has 2 heteroatoms. The van der Waals surface area contributed by atoms with Crippen LogP contribution in [0.2, 0.25) is 0 Å². The van der Waals surface area contributed by atoms with Gasteiger partial charge in [-0.1, -0.05) is 12.1 Å². The smallest absolute Gasteiger partial charge is 0.130 e. The topological polar surface area (TPSA) is 26.0 Å². The number of anilines is 1. The maximum absolute atomic E-state index is 13.4. The molecule has 0 spiro atoms. The summed E-state index contributed by atoms with van der Waals surface area (Å²) in [4.78, 5) is 0. The maximum Gasteiger partial charge on any atom is 0.130 e. The van der Waals surface area contributed by atoms with Crippen molar-refractivity contribution in [2.24, 2.45) is 0 Å². The van der Waals surface area contributed by atoms with Crippen molar-refractivity contribution in [1.82, 2.24) is 0 Å². The standard InChI is InChI=1S/C10H14FN/c1-7-4-5-8(6-9(7)12)10(2,3)11/h4-6H,12H2,1-3H3. The summed E-state index contributed by atoms with van der Waals surface area (Å²) in [7, 11) is 0. The number of nitrogen functional groups attached to an aromatic ring is 1. The summed E-state index contributed by atoms with van der Waals surface area (Å²) in [5.41, 5.74) is 6.62. The van der Waals surface area contributed by atoms with E-state index in [-0.39, 0.29) is 0 Å². The first kappa shape index (κ1) is 9.04. The van der Waals surface area contributed by atoms with Crippen LogP contribution >= 0.6 is 0 Å². The van der Waals surface area contributed by atoms with Crippen LogP contribution in [0.3, 0.4) is 0 Å². The van der Waals surface area contributed by atoms with Gasteiger partial charge >= 0.3 is 0 Å². The van der Waals surface area contributed by atoms with Crippen LogP contribution < -0.4 is 5.73 Å². The number of benzene rings is 1. The van der Waals surface area contributed by atoms with Gasteiger partial charge < -0.3 is 5.73 Å². The van der Waals surface area contributed by atoms with Crippen molar-refractivity contribution in [3.63, 3.8) is 0 Å². The molecule has 0 saturated heterocycles. The van der Waals surface area contributed by atoms with E-state index in [4.69, 9.17) is 5.73 Å². The van der Waals surface area contributed by atoms with Crippen molar-refractivity contribution in [3.8, 4) is 0 Å². The van der Waals surface area contributed by atoms with Gasteiger partial charge in [0.1, 0.15) is 5.67 Å². The zero-order chi connectivity index (χ0) is 9.35. The zero-order valence-electron chi connectivity index (χ0n) is 7.69. The Morgan fingerprint density at radius 3 is 2.33 bits per heavy atom. The fourth-order valence-electron chi connectivity index (χ4n) is 1.01. The van der Waals surface area contributed by atoms with Gasteiger partial charge in [0.25, 0.3) is 0 Å². The van der Waals surface area contributed by atoms with Gasteiger partial charge in [0.15, 0.2) is 0 Å². The minimum Gasteiger partial charge on any atom is -0.399 e. The Hall–Kier alpha value is -1.05. The second kappa shape index (κ2) is 2.77. The van der Waals surface area contributed by atoms with Crippen LogP contribution in [0.5, 0.6) is 0 Å². The van der Waals surface area contributed by atoms with E-state index in [0.717, 1.165) is 5.56 Å². The molecule has 66 valence electrons. The average Bonchev–Trinajstić information content (AvgIpc) is 1.92. The molecule has 1 aromatic rings. The first-order chi connectivity index (χ1) is 5.41. The molecule has 0 unspecified atom stereocenters. The van der Waals surface area contributed by atoms with Gasteiger partial charge in [-0.15, -0.1) is 0 Å². The highest BCUT2D eigenvalue weighted by Crippen LogP contribution is 2.26. The second-order valence-corrected chi connectivity index (χ2v) is 3.54. The Kier molecular flexibility index (Phi) is 2.09. The first-order valence-electron chi connectivity index (χ1n) is 3.97. The molecular formula is C10H14FN. The quantitative estimate of drug-likeness (QED) is 0.639. The fourth-order valence-corrected chi connectivity index (χ4v) is 1.01. The number of aryl methyl sites for hydroxylation is 1. The molecule has 1 rings (SSSR count). The molecule has 0 heterocycles. The van der Waals surface area contributed by atoms with Crippen molar-refractivity contribution in [3.05, 3.63) is 29.3 Å². The summed E-state index contributed by atoms with van der Waals surface area (Å²) in [6.07, 6.45) is 0. The lowest BCUT2D eigenvalue weighted by atomic mass is 9.98. The third-order valence-electron chi connectivity index (χ3n) is 1.97. The molecule has 1 aromatic carbocycles. The summed E-state index contributed by atoms with van der Waals surface area (Å²) in [6, 6.07) is 5.30. The van der Waals surface area contributed by atoms with Crippen LogP contribution in [0.25, 0.3) is 0 Å². The minimum atomic E-state index is -1.30. The second-order valence-electron chi connectivity index (χ2n) is 3.54. The third-order valence-corrected chi connectivity index (χ3v) is 1.97. The normalized spacial score (nSPS) is 11.7. The van der Waals surface area contributed by atoms with E-state index >= 15 is 0 Å². The van der Waals surface area contributed by atoms with Crippen molar-refractivity contribution in [1.29, 1.82) is 0 Å². The molecule has 0 aromatic heterocycles. The molecule has 0 aliphatic rings. The van der Waals surface area contributed by atoms with Crippen LogP contribution in [0.15, 0.2) is 18.2 Å². The summed E-state index contributed by atoms with van der Waals surface area (Å²) in [5, 5.41) is 0. The highest BCUT2D eigenvalue weighted by molar-refractivity contribution is 5.49. The Morgan fingerprint density at radius 1 is 1.33 bits per heavy atom. The van der Waals surface area contributed by atoms with E-state index < -0.39 is 5.67 Å². The van der Waals surface area contributed by atoms with E-state index in [0.29, 0.717) is 11.3 Å². The Balaban J connectivity index is 3.14. The van der Waals surface area contributed by atoms with Crippen LogP contribution in [0, 0.1) is 6.92 Å². The van der Waals surface area contributed by atoms with Gasteiger partial charge in [-0.2, -0.15) is 0 Å². The van der Waals surface area contributed by atoms with E-state index in [1.54, 1.807) is 12.1 Å². The lowest BCUT2D eigenvalue weighted by Crippen LogP contribution is -2.09. The molecule has 2 N–H and O–H groups in total. The summed E-state index contributed by atoms with van der Waals surface area (Å²) in [6.45, 7) is 4.96. The van der Waals surface area contributed by atoms with Crippen LogP contribution in [0.1, 0.15) is 25.0 Å². The Bertz CT molecular complexity index is 286. The molecule has 0 atom stereocenters. The average molecular weight is 167 g/mol. The third kappa shape index (κ3) is 1.76. The molecule has 0 bridgehead atoms. The molecule has 1 nitrogen and oxygen atoms in total. The van der Waals surface area contributed by atoms with Crippen molar-refractivity contribution in [2.45, 2.75) is 26.4 Å². The van der Waals surface area contributed by atoms with Gasteiger partial charge in [0.2, 0.25) is 0 Å². The number of nitrogens with two attached hydrogens (primary N) is 1.